The van der Waals surface area contributed by atoms with E-state index < -0.39 is 0 Å². The van der Waals surface area contributed by atoms with Crippen LogP contribution in [-0.2, 0) is 0 Å². The third kappa shape index (κ3) is 7.92. The third-order valence-electron chi connectivity index (χ3n) is 1.22. The molecule has 0 saturated carbocycles. The SMILES string of the molecule is CC(O)CCNC(C)(C)C. The normalized spacial score (nSPS) is 15.3. The van der Waals surface area contributed by atoms with Crippen molar-refractivity contribution in [1.82, 2.24) is 5.32 Å². The van der Waals surface area contributed by atoms with Gasteiger partial charge in [-0.05, 0) is 40.7 Å². The summed E-state index contributed by atoms with van der Waals surface area (Å²) in [4.78, 5) is 0. The lowest BCUT2D eigenvalue weighted by atomic mass is 10.1. The quantitative estimate of drug-likeness (QED) is 0.624. The smallest absolute Gasteiger partial charge is 0.0524 e. The first-order valence-corrected chi connectivity index (χ1v) is 3.85. The van der Waals surface area contributed by atoms with Crippen LogP contribution in [0.4, 0.5) is 0 Å². The van der Waals surface area contributed by atoms with E-state index in [1.165, 1.54) is 0 Å². The molecular formula is C8H19NO. The average Bonchev–Trinajstić information content (AvgIpc) is 1.59. The molecule has 2 heteroatoms. The Hall–Kier alpha value is -0.0800. The summed E-state index contributed by atoms with van der Waals surface area (Å²) < 4.78 is 0. The number of aliphatic hydroxyl groups is 1. The second kappa shape index (κ2) is 3.94. The monoisotopic (exact) mass is 145 g/mol. The predicted molar refractivity (Wildman–Crippen MR) is 44.1 cm³/mol. The van der Waals surface area contributed by atoms with Gasteiger partial charge < -0.3 is 10.4 Å². The molecule has 62 valence electrons. The molecule has 0 aliphatic carbocycles. The van der Waals surface area contributed by atoms with Crippen molar-refractivity contribution in [1.29, 1.82) is 0 Å². The van der Waals surface area contributed by atoms with Crippen LogP contribution in [0.2, 0.25) is 0 Å². The first-order chi connectivity index (χ1) is 4.42. The Morgan fingerprint density at radius 1 is 1.40 bits per heavy atom. The van der Waals surface area contributed by atoms with Gasteiger partial charge in [-0.2, -0.15) is 0 Å². The van der Waals surface area contributed by atoms with Crippen LogP contribution < -0.4 is 5.32 Å². The van der Waals surface area contributed by atoms with E-state index in [4.69, 9.17) is 5.11 Å². The van der Waals surface area contributed by atoms with Crippen LogP contribution in [-0.4, -0.2) is 23.3 Å². The molecule has 0 fully saturated rings. The second-order valence-corrected chi connectivity index (χ2v) is 3.81. The zero-order valence-corrected chi connectivity index (χ0v) is 7.44. The molecule has 0 aromatic heterocycles. The minimum absolute atomic E-state index is 0.175. The van der Waals surface area contributed by atoms with Crippen LogP contribution in [0.5, 0.6) is 0 Å². The lowest BCUT2D eigenvalue weighted by Gasteiger charge is -2.20. The fraction of sp³-hybridized carbons (Fsp3) is 1.00. The minimum atomic E-state index is -0.185. The summed E-state index contributed by atoms with van der Waals surface area (Å²) >= 11 is 0. The van der Waals surface area contributed by atoms with E-state index in [0.29, 0.717) is 0 Å². The fourth-order valence-corrected chi connectivity index (χ4v) is 0.656. The number of nitrogens with one attached hydrogen (secondary N) is 1. The maximum Gasteiger partial charge on any atom is 0.0524 e. The molecule has 1 atom stereocenters. The molecule has 0 aromatic rings. The molecule has 0 bridgehead atoms. The molecule has 0 aliphatic heterocycles. The van der Waals surface area contributed by atoms with E-state index in [1.54, 1.807) is 0 Å². The van der Waals surface area contributed by atoms with E-state index in [0.717, 1.165) is 13.0 Å². The second-order valence-electron chi connectivity index (χ2n) is 3.81. The van der Waals surface area contributed by atoms with E-state index in [9.17, 15) is 0 Å². The summed E-state index contributed by atoms with van der Waals surface area (Å²) in [5.41, 5.74) is 0.175. The molecule has 0 spiro atoms. The van der Waals surface area contributed by atoms with E-state index >= 15 is 0 Å². The van der Waals surface area contributed by atoms with Crippen molar-refractivity contribution in [2.24, 2.45) is 0 Å². The molecule has 0 radical (unpaired) electrons. The maximum atomic E-state index is 8.91. The lowest BCUT2D eigenvalue weighted by molar-refractivity contribution is 0.180. The van der Waals surface area contributed by atoms with E-state index in [2.05, 4.69) is 26.1 Å². The Bertz CT molecular complexity index is 83.7. The van der Waals surface area contributed by atoms with Gasteiger partial charge in [0.2, 0.25) is 0 Å². The van der Waals surface area contributed by atoms with Gasteiger partial charge in [-0.3, -0.25) is 0 Å². The van der Waals surface area contributed by atoms with Crippen molar-refractivity contribution >= 4 is 0 Å². The molecule has 1 unspecified atom stereocenters. The van der Waals surface area contributed by atoms with E-state index in [1.807, 2.05) is 6.92 Å². The van der Waals surface area contributed by atoms with Gasteiger partial charge >= 0.3 is 0 Å². The van der Waals surface area contributed by atoms with Crippen molar-refractivity contribution in [3.8, 4) is 0 Å². The fourth-order valence-electron chi connectivity index (χ4n) is 0.656. The van der Waals surface area contributed by atoms with Gasteiger partial charge in [-0.25, -0.2) is 0 Å². The van der Waals surface area contributed by atoms with Gasteiger partial charge in [0.1, 0.15) is 0 Å². The molecular weight excluding hydrogens is 126 g/mol. The summed E-state index contributed by atoms with van der Waals surface area (Å²) in [6.07, 6.45) is 0.645. The highest BCUT2D eigenvalue weighted by Crippen LogP contribution is 1.98. The molecule has 0 rings (SSSR count). The molecule has 2 nitrogen and oxygen atoms in total. The summed E-state index contributed by atoms with van der Waals surface area (Å²) in [5, 5.41) is 12.2. The Morgan fingerprint density at radius 3 is 2.20 bits per heavy atom. The lowest BCUT2D eigenvalue weighted by Crippen LogP contribution is -2.37. The zero-order valence-electron chi connectivity index (χ0n) is 7.44. The molecule has 0 amide bonds. The van der Waals surface area contributed by atoms with Crippen molar-refractivity contribution < 1.29 is 5.11 Å². The topological polar surface area (TPSA) is 32.3 Å². The average molecular weight is 145 g/mol. The standard InChI is InChI=1S/C8H19NO/c1-7(10)5-6-9-8(2,3)4/h7,9-10H,5-6H2,1-4H3. The Kier molecular flexibility index (Phi) is 3.91. The van der Waals surface area contributed by atoms with Crippen LogP contribution in [0.1, 0.15) is 34.1 Å². The van der Waals surface area contributed by atoms with Gasteiger partial charge in [0.05, 0.1) is 6.10 Å². The summed E-state index contributed by atoms with van der Waals surface area (Å²) in [6.45, 7) is 9.06. The number of aliphatic hydroxyl groups excluding tert-OH is 1. The Balaban J connectivity index is 3.21. The van der Waals surface area contributed by atoms with Crippen LogP contribution in [0.15, 0.2) is 0 Å². The van der Waals surface area contributed by atoms with Crippen LogP contribution in [0.3, 0.4) is 0 Å². The number of hydrogen-bond acceptors (Lipinski definition) is 2. The van der Waals surface area contributed by atoms with Crippen molar-refractivity contribution in [2.75, 3.05) is 6.54 Å². The van der Waals surface area contributed by atoms with E-state index in [-0.39, 0.29) is 11.6 Å². The Morgan fingerprint density at radius 2 is 1.90 bits per heavy atom. The van der Waals surface area contributed by atoms with Crippen LogP contribution >= 0.6 is 0 Å². The largest absolute Gasteiger partial charge is 0.393 e. The zero-order chi connectivity index (χ0) is 8.20. The highest BCUT2D eigenvalue weighted by molar-refractivity contribution is 4.70. The third-order valence-corrected chi connectivity index (χ3v) is 1.22. The highest BCUT2D eigenvalue weighted by atomic mass is 16.3. The predicted octanol–water partition coefficient (Wildman–Crippen LogP) is 1.15. The Labute approximate surface area is 63.6 Å². The van der Waals surface area contributed by atoms with Crippen molar-refractivity contribution in [2.45, 2.75) is 45.8 Å². The molecule has 10 heavy (non-hydrogen) atoms. The van der Waals surface area contributed by atoms with Gasteiger partial charge in [0.15, 0.2) is 0 Å². The summed E-state index contributed by atoms with van der Waals surface area (Å²) in [6, 6.07) is 0. The molecule has 0 aromatic carbocycles. The highest BCUT2D eigenvalue weighted by Gasteiger charge is 2.07. The summed E-state index contributed by atoms with van der Waals surface area (Å²) in [5.74, 6) is 0. The molecule has 0 heterocycles. The van der Waals surface area contributed by atoms with Crippen molar-refractivity contribution in [3.63, 3.8) is 0 Å². The molecule has 2 N–H and O–H groups in total. The molecule has 0 aliphatic rings. The van der Waals surface area contributed by atoms with Crippen LogP contribution in [0.25, 0.3) is 0 Å². The first kappa shape index (κ1) is 9.92. The molecule has 0 saturated heterocycles. The first-order valence-electron chi connectivity index (χ1n) is 3.85. The van der Waals surface area contributed by atoms with Gasteiger partial charge in [0.25, 0.3) is 0 Å². The maximum absolute atomic E-state index is 8.91. The van der Waals surface area contributed by atoms with Gasteiger partial charge in [0, 0.05) is 5.54 Å². The minimum Gasteiger partial charge on any atom is -0.393 e. The van der Waals surface area contributed by atoms with Gasteiger partial charge in [-0.1, -0.05) is 0 Å². The van der Waals surface area contributed by atoms with Crippen molar-refractivity contribution in [3.05, 3.63) is 0 Å². The van der Waals surface area contributed by atoms with Gasteiger partial charge in [-0.15, -0.1) is 0 Å². The number of rotatable bonds is 3. The number of hydrogen-bond donors (Lipinski definition) is 2. The van der Waals surface area contributed by atoms with Crippen LogP contribution in [0, 0.1) is 0 Å². The summed E-state index contributed by atoms with van der Waals surface area (Å²) in [7, 11) is 0.